The van der Waals surface area contributed by atoms with Gasteiger partial charge in [-0.05, 0) is 62.8 Å². The number of nitrogens with zero attached hydrogens (tertiary/aromatic N) is 1. The zero-order valence-corrected chi connectivity index (χ0v) is 12.9. The van der Waals surface area contributed by atoms with Crippen LogP contribution in [0.5, 0.6) is 5.75 Å². The van der Waals surface area contributed by atoms with Gasteiger partial charge in [-0.2, -0.15) is 5.10 Å². The van der Waals surface area contributed by atoms with Crippen molar-refractivity contribution in [2.75, 3.05) is 6.61 Å². The molecule has 1 fully saturated rings. The van der Waals surface area contributed by atoms with Crippen molar-refractivity contribution in [2.45, 2.75) is 52.4 Å². The highest BCUT2D eigenvalue weighted by atomic mass is 16.5. The summed E-state index contributed by atoms with van der Waals surface area (Å²) in [6, 6.07) is 5.93. The Bertz CT molecular complexity index is 493. The molecule has 1 aromatic rings. The number of benzene rings is 1. The first-order chi connectivity index (χ1) is 10.1. The monoisotopic (exact) mass is 288 g/mol. The lowest BCUT2D eigenvalue weighted by Gasteiger charge is -2.08. The van der Waals surface area contributed by atoms with Gasteiger partial charge in [0.1, 0.15) is 5.75 Å². The molecule has 0 unspecified atom stereocenters. The van der Waals surface area contributed by atoms with Gasteiger partial charge in [-0.25, -0.2) is 5.43 Å². The number of hydrogen-bond acceptors (Lipinski definition) is 3. The van der Waals surface area contributed by atoms with Crippen molar-refractivity contribution in [3.63, 3.8) is 0 Å². The molecule has 0 spiro atoms. The maximum atomic E-state index is 11.8. The Balaban J connectivity index is 1.80. The molecule has 0 bridgehead atoms. The molecule has 1 saturated carbocycles. The molecule has 4 nitrogen and oxygen atoms in total. The molecule has 0 radical (unpaired) electrons. The van der Waals surface area contributed by atoms with Gasteiger partial charge in [0, 0.05) is 5.71 Å². The minimum Gasteiger partial charge on any atom is -0.484 e. The third-order valence-corrected chi connectivity index (χ3v) is 3.58. The number of ether oxygens (including phenoxy) is 1. The molecule has 114 valence electrons. The Morgan fingerprint density at radius 1 is 1.10 bits per heavy atom. The topological polar surface area (TPSA) is 50.7 Å². The predicted molar refractivity (Wildman–Crippen MR) is 84.7 cm³/mol. The largest absolute Gasteiger partial charge is 0.484 e. The van der Waals surface area contributed by atoms with Gasteiger partial charge in [-0.3, -0.25) is 4.79 Å². The van der Waals surface area contributed by atoms with E-state index in [9.17, 15) is 4.79 Å². The summed E-state index contributed by atoms with van der Waals surface area (Å²) in [6.07, 6.45) is 6.88. The molecule has 1 amide bonds. The maximum absolute atomic E-state index is 11.8. The van der Waals surface area contributed by atoms with E-state index in [1.54, 1.807) is 0 Å². The van der Waals surface area contributed by atoms with Crippen molar-refractivity contribution >= 4 is 11.6 Å². The zero-order chi connectivity index (χ0) is 15.1. The van der Waals surface area contributed by atoms with E-state index in [0.29, 0.717) is 0 Å². The molecule has 2 rings (SSSR count). The maximum Gasteiger partial charge on any atom is 0.277 e. The predicted octanol–water partition coefficient (Wildman–Crippen LogP) is 3.51. The zero-order valence-electron chi connectivity index (χ0n) is 12.9. The van der Waals surface area contributed by atoms with Gasteiger partial charge in [-0.1, -0.05) is 18.9 Å². The summed E-state index contributed by atoms with van der Waals surface area (Å²) in [7, 11) is 0. The Hall–Kier alpha value is -1.84. The van der Waals surface area contributed by atoms with Crippen LogP contribution in [0, 0.1) is 13.8 Å². The summed E-state index contributed by atoms with van der Waals surface area (Å²) < 4.78 is 5.51. The fourth-order valence-electron chi connectivity index (χ4n) is 2.59. The van der Waals surface area contributed by atoms with Gasteiger partial charge >= 0.3 is 0 Å². The van der Waals surface area contributed by atoms with E-state index in [-0.39, 0.29) is 12.5 Å². The van der Waals surface area contributed by atoms with E-state index < -0.39 is 0 Å². The number of carbonyl (C=O) groups excluding carboxylic acids is 1. The molecule has 1 aromatic carbocycles. The fourth-order valence-corrected chi connectivity index (χ4v) is 2.59. The standard InChI is InChI=1S/C17H24N2O2/c1-13-9-14(2)11-16(10-13)21-12-17(20)19-18-15-7-5-3-4-6-8-15/h9-11H,3-8,12H2,1-2H3,(H,19,20). The van der Waals surface area contributed by atoms with Crippen LogP contribution in [0.25, 0.3) is 0 Å². The van der Waals surface area contributed by atoms with Crippen LogP contribution in [-0.2, 0) is 4.79 Å². The van der Waals surface area contributed by atoms with Gasteiger partial charge in [-0.15, -0.1) is 0 Å². The summed E-state index contributed by atoms with van der Waals surface area (Å²) in [5.41, 5.74) is 5.97. The van der Waals surface area contributed by atoms with Crippen LogP contribution in [0.2, 0.25) is 0 Å². The van der Waals surface area contributed by atoms with E-state index in [0.717, 1.165) is 35.4 Å². The second kappa shape index (κ2) is 7.81. The molecule has 21 heavy (non-hydrogen) atoms. The third-order valence-electron chi connectivity index (χ3n) is 3.58. The summed E-state index contributed by atoms with van der Waals surface area (Å²) >= 11 is 0. The molecule has 1 aliphatic rings. The number of hydrazone groups is 1. The lowest BCUT2D eigenvalue weighted by Crippen LogP contribution is -2.25. The number of amides is 1. The average molecular weight is 288 g/mol. The lowest BCUT2D eigenvalue weighted by molar-refractivity contribution is -0.123. The SMILES string of the molecule is Cc1cc(C)cc(OCC(=O)NN=C2CCCCCC2)c1. The Morgan fingerprint density at radius 2 is 1.71 bits per heavy atom. The van der Waals surface area contributed by atoms with Crippen molar-refractivity contribution in [3.8, 4) is 5.75 Å². The molecule has 0 aromatic heterocycles. The smallest absolute Gasteiger partial charge is 0.277 e. The van der Waals surface area contributed by atoms with Crippen molar-refractivity contribution in [2.24, 2.45) is 5.10 Å². The summed E-state index contributed by atoms with van der Waals surface area (Å²) in [5, 5.41) is 4.23. The normalized spacial score (nSPS) is 15.2. The number of hydrogen-bond donors (Lipinski definition) is 1. The third kappa shape index (κ3) is 5.58. The van der Waals surface area contributed by atoms with Crippen LogP contribution in [0.1, 0.15) is 49.7 Å². The Labute approximate surface area is 126 Å². The van der Waals surface area contributed by atoms with Crippen molar-refractivity contribution in [1.29, 1.82) is 0 Å². The van der Waals surface area contributed by atoms with E-state index in [1.807, 2.05) is 26.0 Å². The molecule has 0 aliphatic heterocycles. The van der Waals surface area contributed by atoms with Gasteiger partial charge in [0.2, 0.25) is 0 Å². The number of aryl methyl sites for hydroxylation is 2. The second-order valence-corrected chi connectivity index (χ2v) is 5.74. The summed E-state index contributed by atoms with van der Waals surface area (Å²) in [5.74, 6) is 0.524. The van der Waals surface area contributed by atoms with Crippen molar-refractivity contribution < 1.29 is 9.53 Å². The minimum atomic E-state index is -0.203. The minimum absolute atomic E-state index is 0.000324. The number of rotatable bonds is 4. The van der Waals surface area contributed by atoms with Gasteiger partial charge in [0.25, 0.3) is 5.91 Å². The highest BCUT2D eigenvalue weighted by molar-refractivity contribution is 5.86. The molecular weight excluding hydrogens is 264 g/mol. The Kier molecular flexibility index (Phi) is 5.78. The van der Waals surface area contributed by atoms with Crippen LogP contribution in [0.4, 0.5) is 0 Å². The van der Waals surface area contributed by atoms with Gasteiger partial charge in [0.15, 0.2) is 6.61 Å². The van der Waals surface area contributed by atoms with Gasteiger partial charge in [0.05, 0.1) is 0 Å². The van der Waals surface area contributed by atoms with E-state index in [4.69, 9.17) is 4.74 Å². The first-order valence-corrected chi connectivity index (χ1v) is 7.69. The quantitative estimate of drug-likeness (QED) is 0.681. The van der Waals surface area contributed by atoms with Crippen LogP contribution < -0.4 is 10.2 Å². The molecule has 1 aliphatic carbocycles. The molecule has 1 N–H and O–H groups in total. The average Bonchev–Trinajstić information content (AvgIpc) is 2.70. The van der Waals surface area contributed by atoms with E-state index in [2.05, 4.69) is 16.6 Å². The van der Waals surface area contributed by atoms with Gasteiger partial charge < -0.3 is 4.74 Å². The van der Waals surface area contributed by atoms with Crippen molar-refractivity contribution in [1.82, 2.24) is 5.43 Å². The van der Waals surface area contributed by atoms with E-state index >= 15 is 0 Å². The molecule has 0 atom stereocenters. The molecule has 4 heteroatoms. The Morgan fingerprint density at radius 3 is 2.33 bits per heavy atom. The summed E-state index contributed by atoms with van der Waals surface area (Å²) in [6.45, 7) is 4.02. The van der Waals surface area contributed by atoms with Crippen LogP contribution in [-0.4, -0.2) is 18.2 Å². The first-order valence-electron chi connectivity index (χ1n) is 7.69. The molecule has 0 saturated heterocycles. The number of nitrogens with one attached hydrogen (secondary N) is 1. The van der Waals surface area contributed by atoms with Crippen LogP contribution in [0.15, 0.2) is 23.3 Å². The van der Waals surface area contributed by atoms with Crippen LogP contribution >= 0.6 is 0 Å². The highest BCUT2D eigenvalue weighted by Gasteiger charge is 2.07. The van der Waals surface area contributed by atoms with Crippen LogP contribution in [0.3, 0.4) is 0 Å². The van der Waals surface area contributed by atoms with E-state index in [1.165, 1.54) is 25.7 Å². The fraction of sp³-hybridized carbons (Fsp3) is 0.529. The lowest BCUT2D eigenvalue weighted by atomic mass is 10.1. The number of carbonyl (C=O) groups is 1. The summed E-state index contributed by atoms with van der Waals surface area (Å²) in [4.78, 5) is 11.8. The van der Waals surface area contributed by atoms with Crippen molar-refractivity contribution in [3.05, 3.63) is 29.3 Å². The second-order valence-electron chi connectivity index (χ2n) is 5.74. The molecular formula is C17H24N2O2. The highest BCUT2D eigenvalue weighted by Crippen LogP contribution is 2.16. The molecule has 0 heterocycles. The first kappa shape index (κ1) is 15.5.